The van der Waals surface area contributed by atoms with E-state index in [4.69, 9.17) is 26.1 Å². The van der Waals surface area contributed by atoms with Crippen LogP contribution in [-0.2, 0) is 24.5 Å². The lowest BCUT2D eigenvalue weighted by atomic mass is 10.2. The van der Waals surface area contributed by atoms with Crippen LogP contribution >= 0.6 is 12.2 Å². The summed E-state index contributed by atoms with van der Waals surface area (Å²) in [5.74, 6) is 1.48. The molecule has 0 saturated carbocycles. The van der Waals surface area contributed by atoms with Gasteiger partial charge >= 0.3 is 0 Å². The molecule has 27 heavy (non-hydrogen) atoms. The molecule has 1 amide bonds. The quantitative estimate of drug-likeness (QED) is 0.600. The lowest BCUT2D eigenvalue weighted by Gasteiger charge is -2.05. The Morgan fingerprint density at radius 3 is 2.56 bits per heavy atom. The molecule has 0 bridgehead atoms. The summed E-state index contributed by atoms with van der Waals surface area (Å²) >= 11 is 5.11. The number of benzene rings is 2. The standard InChI is InChI=1S/C19H19N3O4S/c1-24-15-7-9-16(10-8-15)25-13-18-21-22(19(27)26-18)12-17(23)20-11-14-5-3-2-4-6-14/h2-10H,11-13H2,1H3,(H,20,23). The highest BCUT2D eigenvalue weighted by atomic mass is 32.1. The van der Waals surface area contributed by atoms with Gasteiger partial charge in [0.1, 0.15) is 18.0 Å². The number of hydrogen-bond acceptors (Lipinski definition) is 6. The highest BCUT2D eigenvalue weighted by molar-refractivity contribution is 7.71. The normalized spacial score (nSPS) is 10.4. The van der Waals surface area contributed by atoms with E-state index in [1.165, 1.54) is 4.68 Å². The largest absolute Gasteiger partial charge is 0.497 e. The molecule has 1 N–H and O–H groups in total. The SMILES string of the molecule is COc1ccc(OCc2nn(CC(=O)NCc3ccccc3)c(=S)o2)cc1. The predicted octanol–water partition coefficient (Wildman–Crippen LogP) is 3.11. The van der Waals surface area contributed by atoms with Crippen LogP contribution in [0.2, 0.25) is 0 Å². The van der Waals surface area contributed by atoms with Gasteiger partial charge in [0, 0.05) is 6.54 Å². The summed E-state index contributed by atoms with van der Waals surface area (Å²) in [6.07, 6.45) is 0. The zero-order chi connectivity index (χ0) is 19.1. The van der Waals surface area contributed by atoms with Gasteiger partial charge in [-0.3, -0.25) is 4.79 Å². The van der Waals surface area contributed by atoms with Gasteiger partial charge in [0.2, 0.25) is 5.91 Å². The maximum absolute atomic E-state index is 12.1. The third-order valence-corrected chi connectivity index (χ3v) is 3.99. The van der Waals surface area contributed by atoms with E-state index in [9.17, 15) is 4.79 Å². The summed E-state index contributed by atoms with van der Waals surface area (Å²) < 4.78 is 17.4. The Kier molecular flexibility index (Phi) is 6.22. The molecule has 7 nitrogen and oxygen atoms in total. The summed E-state index contributed by atoms with van der Waals surface area (Å²) in [5.41, 5.74) is 1.02. The second kappa shape index (κ2) is 9.00. The Morgan fingerprint density at radius 1 is 1.15 bits per heavy atom. The van der Waals surface area contributed by atoms with Crippen LogP contribution in [0.25, 0.3) is 0 Å². The second-order valence-corrected chi connectivity index (χ2v) is 6.00. The van der Waals surface area contributed by atoms with Gasteiger partial charge in [-0.15, -0.1) is 5.10 Å². The number of carbonyl (C=O) groups excluding carboxylic acids is 1. The Hall–Kier alpha value is -3.13. The van der Waals surface area contributed by atoms with Crippen LogP contribution in [-0.4, -0.2) is 22.8 Å². The number of nitrogens with zero attached hydrogens (tertiary/aromatic N) is 2. The van der Waals surface area contributed by atoms with Crippen LogP contribution in [0, 0.1) is 4.84 Å². The minimum Gasteiger partial charge on any atom is -0.497 e. The number of nitrogens with one attached hydrogen (secondary N) is 1. The summed E-state index contributed by atoms with van der Waals surface area (Å²) in [5, 5.41) is 7.01. The van der Waals surface area contributed by atoms with Gasteiger partial charge in [-0.2, -0.15) is 0 Å². The molecule has 3 rings (SSSR count). The number of methoxy groups -OCH3 is 1. The molecule has 1 aromatic heterocycles. The fourth-order valence-electron chi connectivity index (χ4n) is 2.31. The number of carbonyl (C=O) groups is 1. The fraction of sp³-hybridized carbons (Fsp3) is 0.211. The summed E-state index contributed by atoms with van der Waals surface area (Å²) in [6.45, 7) is 0.532. The molecule has 0 aliphatic rings. The molecule has 0 fully saturated rings. The Labute approximate surface area is 161 Å². The molecule has 0 saturated heterocycles. The van der Waals surface area contributed by atoms with Crippen molar-refractivity contribution >= 4 is 18.1 Å². The van der Waals surface area contributed by atoms with Crippen molar-refractivity contribution in [3.63, 3.8) is 0 Å². The van der Waals surface area contributed by atoms with Crippen LogP contribution in [0.4, 0.5) is 0 Å². The third-order valence-electron chi connectivity index (χ3n) is 3.70. The molecule has 0 atom stereocenters. The van der Waals surface area contributed by atoms with E-state index in [1.807, 2.05) is 30.3 Å². The molecule has 0 aliphatic heterocycles. The maximum Gasteiger partial charge on any atom is 0.287 e. The molecule has 1 heterocycles. The first kappa shape index (κ1) is 18.7. The number of aromatic nitrogens is 2. The molecule has 0 unspecified atom stereocenters. The van der Waals surface area contributed by atoms with Crippen LogP contribution in [0.5, 0.6) is 11.5 Å². The second-order valence-electron chi connectivity index (χ2n) is 5.65. The number of amides is 1. The van der Waals surface area contributed by atoms with E-state index in [2.05, 4.69) is 10.4 Å². The van der Waals surface area contributed by atoms with Crippen molar-refractivity contribution in [2.75, 3.05) is 7.11 Å². The van der Waals surface area contributed by atoms with E-state index in [1.54, 1.807) is 31.4 Å². The zero-order valence-corrected chi connectivity index (χ0v) is 15.6. The molecule has 8 heteroatoms. The van der Waals surface area contributed by atoms with Crippen LogP contribution in [0.3, 0.4) is 0 Å². The predicted molar refractivity (Wildman–Crippen MR) is 101 cm³/mol. The minimum absolute atomic E-state index is 0.0162. The fourth-order valence-corrected chi connectivity index (χ4v) is 2.51. The van der Waals surface area contributed by atoms with Crippen LogP contribution in [0.1, 0.15) is 11.5 Å². The van der Waals surface area contributed by atoms with E-state index >= 15 is 0 Å². The number of rotatable bonds is 8. The molecule has 0 radical (unpaired) electrons. The first-order chi connectivity index (χ1) is 13.1. The lowest BCUT2D eigenvalue weighted by molar-refractivity contribution is -0.122. The van der Waals surface area contributed by atoms with Crippen LogP contribution < -0.4 is 14.8 Å². The molecule has 2 aromatic carbocycles. The van der Waals surface area contributed by atoms with E-state index in [0.29, 0.717) is 18.2 Å². The molecule has 0 aliphatic carbocycles. The number of ether oxygens (including phenoxy) is 2. The number of hydrogen-bond donors (Lipinski definition) is 1. The van der Waals surface area contributed by atoms with Crippen molar-refractivity contribution in [2.24, 2.45) is 0 Å². The highest BCUT2D eigenvalue weighted by Gasteiger charge is 2.10. The lowest BCUT2D eigenvalue weighted by Crippen LogP contribution is -2.27. The van der Waals surface area contributed by atoms with Crippen molar-refractivity contribution in [2.45, 2.75) is 19.7 Å². The first-order valence-corrected chi connectivity index (χ1v) is 8.69. The third kappa shape index (κ3) is 5.42. The smallest absolute Gasteiger partial charge is 0.287 e. The van der Waals surface area contributed by atoms with Gasteiger partial charge < -0.3 is 19.2 Å². The van der Waals surface area contributed by atoms with Crippen LogP contribution in [0.15, 0.2) is 59.0 Å². The average Bonchev–Trinajstić information content (AvgIpc) is 3.05. The van der Waals surface area contributed by atoms with Crippen molar-refractivity contribution < 1.29 is 18.7 Å². The first-order valence-electron chi connectivity index (χ1n) is 8.28. The van der Waals surface area contributed by atoms with E-state index in [-0.39, 0.29) is 23.9 Å². The van der Waals surface area contributed by atoms with E-state index in [0.717, 1.165) is 11.3 Å². The van der Waals surface area contributed by atoms with Gasteiger partial charge in [-0.25, -0.2) is 4.68 Å². The Bertz CT molecular complexity index is 936. The summed E-state index contributed by atoms with van der Waals surface area (Å²) in [6, 6.07) is 16.8. The topological polar surface area (TPSA) is 78.5 Å². The van der Waals surface area contributed by atoms with Gasteiger partial charge in [-0.05, 0) is 42.0 Å². The van der Waals surface area contributed by atoms with Crippen molar-refractivity contribution in [1.29, 1.82) is 0 Å². The van der Waals surface area contributed by atoms with Crippen molar-refractivity contribution in [3.8, 4) is 11.5 Å². The molecule has 0 spiro atoms. The molecule has 140 valence electrons. The Balaban J connectivity index is 1.52. The summed E-state index contributed by atoms with van der Waals surface area (Å²) in [7, 11) is 1.60. The molecule has 3 aromatic rings. The average molecular weight is 385 g/mol. The van der Waals surface area contributed by atoms with Crippen molar-refractivity contribution in [3.05, 3.63) is 70.9 Å². The van der Waals surface area contributed by atoms with Gasteiger partial charge in [0.15, 0.2) is 6.61 Å². The monoisotopic (exact) mass is 385 g/mol. The minimum atomic E-state index is -0.203. The molecular formula is C19H19N3O4S. The maximum atomic E-state index is 12.1. The van der Waals surface area contributed by atoms with Gasteiger partial charge in [0.25, 0.3) is 10.7 Å². The summed E-state index contributed by atoms with van der Waals surface area (Å²) in [4.78, 5) is 12.2. The molecular weight excluding hydrogens is 366 g/mol. The Morgan fingerprint density at radius 2 is 1.85 bits per heavy atom. The van der Waals surface area contributed by atoms with Gasteiger partial charge in [0.05, 0.1) is 7.11 Å². The zero-order valence-electron chi connectivity index (χ0n) is 14.8. The van der Waals surface area contributed by atoms with Crippen molar-refractivity contribution in [1.82, 2.24) is 15.1 Å². The highest BCUT2D eigenvalue weighted by Crippen LogP contribution is 2.18. The van der Waals surface area contributed by atoms with Gasteiger partial charge in [-0.1, -0.05) is 30.3 Å². The van der Waals surface area contributed by atoms with E-state index < -0.39 is 0 Å².